The van der Waals surface area contributed by atoms with Gasteiger partial charge >= 0.3 is 18.7 Å². The van der Waals surface area contributed by atoms with E-state index < -0.39 is 46.1 Å². The third kappa shape index (κ3) is 5.35. The van der Waals surface area contributed by atoms with Crippen LogP contribution in [0.2, 0.25) is 5.02 Å². The summed E-state index contributed by atoms with van der Waals surface area (Å²) in [5.41, 5.74) is -3.27. The molecule has 1 aliphatic heterocycles. The number of aromatic nitrogens is 1. The molecule has 13 heteroatoms. The average Bonchev–Trinajstić information content (AvgIpc) is 3.26. The number of halogens is 9. The summed E-state index contributed by atoms with van der Waals surface area (Å²) >= 11 is 5.99. The lowest BCUT2D eigenvalue weighted by atomic mass is 9.77. The van der Waals surface area contributed by atoms with Gasteiger partial charge in [-0.15, -0.1) is 4.59 Å². The van der Waals surface area contributed by atoms with Crippen LogP contribution in [-0.4, -0.2) is 41.5 Å². The first kappa shape index (κ1) is 28.5. The summed E-state index contributed by atoms with van der Waals surface area (Å²) < 4.78 is 114. The van der Waals surface area contributed by atoms with E-state index in [1.54, 1.807) is 30.3 Å². The molecular weight excluding hydrogens is 558 g/mol. The van der Waals surface area contributed by atoms with E-state index >= 15 is 0 Å². The Balaban J connectivity index is 2.08. The van der Waals surface area contributed by atoms with Crippen molar-refractivity contribution in [1.29, 1.82) is 0 Å². The van der Waals surface area contributed by atoms with E-state index in [2.05, 4.69) is 14.8 Å². The van der Waals surface area contributed by atoms with Gasteiger partial charge in [0.25, 0.3) is 0 Å². The van der Waals surface area contributed by atoms with Crippen LogP contribution in [0.1, 0.15) is 16.8 Å². The first-order valence-corrected chi connectivity index (χ1v) is 11.6. The maximum absolute atomic E-state index is 15.0. The fourth-order valence-electron chi connectivity index (χ4n) is 4.63. The van der Waals surface area contributed by atoms with Crippen LogP contribution < -0.4 is 4.74 Å². The number of quaternary nitrogens is 1. The van der Waals surface area contributed by atoms with Crippen molar-refractivity contribution in [2.75, 3.05) is 7.05 Å². The molecule has 1 aliphatic rings. The second kappa shape index (κ2) is 10.2. The van der Waals surface area contributed by atoms with Gasteiger partial charge in [-0.2, -0.15) is 30.7 Å². The molecule has 0 radical (unpaired) electrons. The first-order chi connectivity index (χ1) is 18.2. The second-order valence-corrected chi connectivity index (χ2v) is 9.23. The highest BCUT2D eigenvalue weighted by Gasteiger charge is 2.63. The molecule has 4 nitrogen and oxygen atoms in total. The molecule has 1 aromatic heterocycles. The molecule has 3 aromatic rings. The van der Waals surface area contributed by atoms with E-state index in [-0.39, 0.29) is 22.7 Å². The van der Waals surface area contributed by atoms with Gasteiger partial charge in [0.05, 0.1) is 18.3 Å². The molecule has 0 bridgehead atoms. The Bertz CT molecular complexity index is 1400. The molecule has 0 aliphatic carbocycles. The third-order valence-electron chi connectivity index (χ3n) is 6.34. The Hall–Kier alpha value is -3.51. The summed E-state index contributed by atoms with van der Waals surface area (Å²) in [6, 6.07) is 12.7. The van der Waals surface area contributed by atoms with Crippen molar-refractivity contribution in [1.82, 2.24) is 4.98 Å². The number of hydrogen-bond acceptors (Lipinski definition) is 3. The number of allylic oxidation sites excluding steroid dienone is 2. The Morgan fingerprint density at radius 1 is 0.974 bits per heavy atom. The lowest BCUT2D eigenvalue weighted by Gasteiger charge is -2.45. The van der Waals surface area contributed by atoms with E-state index in [0.29, 0.717) is 11.6 Å². The summed E-state index contributed by atoms with van der Waals surface area (Å²) in [5, 5.41) is 4.25. The van der Waals surface area contributed by atoms with E-state index in [4.69, 9.17) is 11.6 Å². The van der Waals surface area contributed by atoms with E-state index in [1.165, 1.54) is 12.1 Å². The van der Waals surface area contributed by atoms with Crippen molar-refractivity contribution in [3.05, 3.63) is 106 Å². The molecule has 2 aromatic carbocycles. The van der Waals surface area contributed by atoms with Crippen LogP contribution >= 0.6 is 11.6 Å². The molecule has 0 amide bonds. The zero-order valence-corrected chi connectivity index (χ0v) is 20.7. The number of alkyl halides is 7. The molecule has 0 spiro atoms. The van der Waals surface area contributed by atoms with Gasteiger partial charge in [0, 0.05) is 30.3 Å². The fourth-order valence-corrected chi connectivity index (χ4v) is 4.74. The molecule has 2 atom stereocenters. The summed E-state index contributed by atoms with van der Waals surface area (Å²) in [6.07, 6.45) is -11.7. The summed E-state index contributed by atoms with van der Waals surface area (Å²) in [7, 11) is 1.10. The Morgan fingerprint density at radius 3 is 2.26 bits per heavy atom. The Labute approximate surface area is 222 Å². The van der Waals surface area contributed by atoms with Crippen molar-refractivity contribution in [3.8, 4) is 5.75 Å². The number of rotatable bonds is 8. The fraction of sp³-hybridized carbons (Fsp3) is 0.231. The highest BCUT2D eigenvalue weighted by Crippen LogP contribution is 2.51. The zero-order valence-electron chi connectivity index (χ0n) is 19.9. The number of likely N-dealkylation sites (N-methyl/N-ethyl adjacent to an activating group) is 1. The number of hydrogen-bond donors (Lipinski definition) is 0. The van der Waals surface area contributed by atoms with Crippen LogP contribution in [0.25, 0.3) is 0 Å². The minimum Gasteiger partial charge on any atom is -0.428 e. The quantitative estimate of drug-likeness (QED) is 0.206. The Morgan fingerprint density at radius 2 is 1.67 bits per heavy atom. The molecule has 1 unspecified atom stereocenters. The summed E-state index contributed by atoms with van der Waals surface area (Å²) in [4.78, 5) is 4.24. The maximum Gasteiger partial charge on any atom is 0.469 e. The van der Waals surface area contributed by atoms with E-state index in [9.17, 15) is 35.1 Å². The van der Waals surface area contributed by atoms with Crippen molar-refractivity contribution in [2.24, 2.45) is 5.10 Å². The standard InChI is InChI=1S/C26H19ClF8N3O/c1-38(22(9-10-37-38)25(31,32)33)24(14-16-5-3-2-4-6-16,21-8-7-18(27)15-36-21)17-11-19(28)13-20(12-17)39-26(34,35)23(29)30/h2-13,15,23H,14H2,1H3/q+1/t24?,38-/m0/s1. The van der Waals surface area contributed by atoms with Crippen molar-refractivity contribution < 1.29 is 44.5 Å². The molecule has 0 saturated heterocycles. The van der Waals surface area contributed by atoms with Crippen LogP contribution in [-0.2, 0) is 12.0 Å². The SMILES string of the molecule is C[N@+]1(C(Cc2ccccc2)(c2cc(F)cc(OC(F)(F)C(F)F)c2)c2ccc(Cl)cn2)N=CC=C1C(F)(F)F. The second-order valence-electron chi connectivity index (χ2n) is 8.80. The molecule has 39 heavy (non-hydrogen) atoms. The highest BCUT2D eigenvalue weighted by molar-refractivity contribution is 6.30. The summed E-state index contributed by atoms with van der Waals surface area (Å²) in [5.74, 6) is -2.26. The van der Waals surface area contributed by atoms with E-state index in [0.717, 1.165) is 37.7 Å². The predicted octanol–water partition coefficient (Wildman–Crippen LogP) is 7.49. The molecular formula is C26H19ClF8N3O+. The minimum atomic E-state index is -5.01. The molecule has 0 N–H and O–H groups in total. The molecule has 0 fully saturated rings. The lowest BCUT2D eigenvalue weighted by Crippen LogP contribution is -2.59. The third-order valence-corrected chi connectivity index (χ3v) is 6.57. The first-order valence-electron chi connectivity index (χ1n) is 11.2. The van der Waals surface area contributed by atoms with Gasteiger partial charge in [-0.05, 0) is 29.8 Å². The lowest BCUT2D eigenvalue weighted by molar-refractivity contribution is -0.938. The topological polar surface area (TPSA) is 34.5 Å². The molecule has 206 valence electrons. The van der Waals surface area contributed by atoms with Crippen molar-refractivity contribution in [3.63, 3.8) is 0 Å². The van der Waals surface area contributed by atoms with Crippen LogP contribution in [0, 0.1) is 5.82 Å². The zero-order chi connectivity index (χ0) is 28.6. The van der Waals surface area contributed by atoms with Gasteiger partial charge in [-0.25, -0.2) is 4.39 Å². The largest absolute Gasteiger partial charge is 0.469 e. The van der Waals surface area contributed by atoms with Crippen molar-refractivity contribution >= 4 is 17.8 Å². The number of ether oxygens (including phenoxy) is 1. The van der Waals surface area contributed by atoms with Crippen LogP contribution in [0.5, 0.6) is 5.75 Å². The predicted molar refractivity (Wildman–Crippen MR) is 127 cm³/mol. The van der Waals surface area contributed by atoms with E-state index in [1.807, 2.05) is 0 Å². The normalized spacial score (nSPS) is 19.2. The van der Waals surface area contributed by atoms with Crippen molar-refractivity contribution in [2.45, 2.75) is 30.7 Å². The maximum atomic E-state index is 15.0. The number of nitrogens with zero attached hydrogens (tertiary/aromatic N) is 3. The highest BCUT2D eigenvalue weighted by atomic mass is 35.5. The van der Waals surface area contributed by atoms with Gasteiger partial charge in [0.1, 0.15) is 17.3 Å². The van der Waals surface area contributed by atoms with Crippen LogP contribution in [0.3, 0.4) is 0 Å². The summed E-state index contributed by atoms with van der Waals surface area (Å²) in [6.45, 7) is 0. The molecule has 4 rings (SSSR count). The van der Waals surface area contributed by atoms with Gasteiger partial charge in [-0.3, -0.25) is 4.98 Å². The van der Waals surface area contributed by atoms with Gasteiger partial charge in [-0.1, -0.05) is 47.0 Å². The van der Waals surface area contributed by atoms with Gasteiger partial charge in [0.15, 0.2) is 0 Å². The Kier molecular flexibility index (Phi) is 7.48. The minimum absolute atomic E-state index is 0.0929. The average molecular weight is 577 g/mol. The van der Waals surface area contributed by atoms with Crippen LogP contribution in [0.4, 0.5) is 35.1 Å². The van der Waals surface area contributed by atoms with Crippen LogP contribution in [0.15, 0.2) is 83.7 Å². The van der Waals surface area contributed by atoms with Gasteiger partial charge in [0.2, 0.25) is 11.2 Å². The van der Waals surface area contributed by atoms with Gasteiger partial charge < -0.3 is 4.74 Å². The number of pyridine rings is 1. The number of benzene rings is 2. The smallest absolute Gasteiger partial charge is 0.428 e. The molecule has 0 saturated carbocycles. The monoisotopic (exact) mass is 576 g/mol. The molecule has 2 heterocycles.